The summed E-state index contributed by atoms with van der Waals surface area (Å²) in [6, 6.07) is -0.302. The van der Waals surface area contributed by atoms with Crippen molar-refractivity contribution in [3.63, 3.8) is 0 Å². The Bertz CT molecular complexity index is 487. The Morgan fingerprint density at radius 2 is 1.95 bits per heavy atom. The molecule has 2 amide bonds. The van der Waals surface area contributed by atoms with E-state index in [-0.39, 0.29) is 17.9 Å². The number of carbonyl (C=O) groups is 2. The highest BCUT2D eigenvalue weighted by Gasteiger charge is 2.55. The zero-order chi connectivity index (χ0) is 14.8. The van der Waals surface area contributed by atoms with Crippen LogP contribution in [-0.2, 0) is 9.59 Å². The van der Waals surface area contributed by atoms with Gasteiger partial charge in [-0.15, -0.1) is 0 Å². The van der Waals surface area contributed by atoms with Gasteiger partial charge in [-0.1, -0.05) is 6.42 Å². The highest BCUT2D eigenvalue weighted by atomic mass is 16.2. The summed E-state index contributed by atoms with van der Waals surface area (Å²) in [6.07, 6.45) is 7.47. The van der Waals surface area contributed by atoms with Crippen LogP contribution in [-0.4, -0.2) is 34.8 Å². The lowest BCUT2D eigenvalue weighted by atomic mass is 9.85. The van der Waals surface area contributed by atoms with Crippen molar-refractivity contribution in [1.29, 1.82) is 0 Å². The number of nitrogens with one attached hydrogen (secondary N) is 1. The Hall–Kier alpha value is -1.06. The molecule has 116 valence electrons. The van der Waals surface area contributed by atoms with Gasteiger partial charge in [-0.3, -0.25) is 9.59 Å². The van der Waals surface area contributed by atoms with E-state index >= 15 is 0 Å². The molecule has 4 nitrogen and oxygen atoms in total. The Morgan fingerprint density at radius 1 is 1.19 bits per heavy atom. The Morgan fingerprint density at radius 3 is 2.52 bits per heavy atom. The molecule has 4 heteroatoms. The first-order valence-corrected chi connectivity index (χ1v) is 8.62. The highest BCUT2D eigenvalue weighted by molar-refractivity contribution is 5.99. The molecule has 2 bridgehead atoms. The van der Waals surface area contributed by atoms with E-state index in [0.717, 1.165) is 31.2 Å². The fraction of sp³-hybridized carbons (Fsp3) is 0.882. The van der Waals surface area contributed by atoms with E-state index < -0.39 is 5.54 Å². The van der Waals surface area contributed by atoms with Crippen LogP contribution >= 0.6 is 0 Å². The van der Waals surface area contributed by atoms with Crippen LogP contribution < -0.4 is 5.32 Å². The Kier molecular flexibility index (Phi) is 2.89. The molecule has 0 spiro atoms. The van der Waals surface area contributed by atoms with Crippen molar-refractivity contribution in [1.82, 2.24) is 10.2 Å². The molecule has 0 aromatic rings. The van der Waals surface area contributed by atoms with Crippen molar-refractivity contribution in [2.45, 2.75) is 64.0 Å². The molecule has 1 N–H and O–H groups in total. The molecule has 1 heterocycles. The van der Waals surface area contributed by atoms with E-state index in [1.807, 2.05) is 18.7 Å². The van der Waals surface area contributed by atoms with Crippen LogP contribution in [0.1, 0.15) is 52.4 Å². The molecular weight excluding hydrogens is 264 g/mol. The number of carbonyl (C=O) groups excluding carboxylic acids is 2. The van der Waals surface area contributed by atoms with E-state index in [1.54, 1.807) is 0 Å². The summed E-state index contributed by atoms with van der Waals surface area (Å²) in [4.78, 5) is 27.2. The third kappa shape index (κ3) is 2.01. The predicted octanol–water partition coefficient (Wildman–Crippen LogP) is 1.94. The fourth-order valence-electron chi connectivity index (χ4n) is 5.06. The monoisotopic (exact) mass is 290 g/mol. The second kappa shape index (κ2) is 4.47. The predicted molar refractivity (Wildman–Crippen MR) is 79.4 cm³/mol. The molecule has 4 aliphatic rings. The molecule has 5 unspecified atom stereocenters. The average Bonchev–Trinajstić information content (AvgIpc) is 3.13. The van der Waals surface area contributed by atoms with E-state index in [2.05, 4.69) is 5.32 Å². The second-order valence-corrected chi connectivity index (χ2v) is 8.03. The number of fused-ring (bicyclic) bond motifs is 2. The van der Waals surface area contributed by atoms with Gasteiger partial charge in [-0.2, -0.15) is 0 Å². The third-order valence-corrected chi connectivity index (χ3v) is 6.64. The van der Waals surface area contributed by atoms with Crippen LogP contribution in [0.2, 0.25) is 0 Å². The van der Waals surface area contributed by atoms with Gasteiger partial charge in [-0.25, -0.2) is 0 Å². The van der Waals surface area contributed by atoms with Crippen molar-refractivity contribution in [2.75, 3.05) is 6.54 Å². The summed E-state index contributed by atoms with van der Waals surface area (Å²) in [5.41, 5.74) is -0.638. The van der Waals surface area contributed by atoms with Crippen LogP contribution in [0.3, 0.4) is 0 Å². The Balaban J connectivity index is 1.54. The van der Waals surface area contributed by atoms with Crippen LogP contribution in [0, 0.1) is 23.7 Å². The van der Waals surface area contributed by atoms with Crippen molar-refractivity contribution in [2.24, 2.45) is 23.7 Å². The van der Waals surface area contributed by atoms with E-state index in [1.165, 1.54) is 25.7 Å². The molecule has 0 aromatic heterocycles. The minimum atomic E-state index is -0.638. The van der Waals surface area contributed by atoms with Gasteiger partial charge in [-0.05, 0) is 69.6 Å². The summed E-state index contributed by atoms with van der Waals surface area (Å²) < 4.78 is 0. The smallest absolute Gasteiger partial charge is 0.249 e. The number of hydrogen-bond donors (Lipinski definition) is 1. The number of amides is 2. The number of rotatable bonds is 3. The van der Waals surface area contributed by atoms with E-state index in [0.29, 0.717) is 11.8 Å². The van der Waals surface area contributed by atoms with Gasteiger partial charge in [0.25, 0.3) is 0 Å². The van der Waals surface area contributed by atoms with Crippen LogP contribution in [0.15, 0.2) is 0 Å². The SMILES string of the molecule is CC1C(=O)NC(C)(C2CC2)C(=O)N1CC1CC2CCC1C2. The Labute approximate surface area is 126 Å². The van der Waals surface area contributed by atoms with Crippen molar-refractivity contribution in [3.05, 3.63) is 0 Å². The molecule has 1 aliphatic heterocycles. The lowest BCUT2D eigenvalue weighted by Gasteiger charge is -2.45. The highest BCUT2D eigenvalue weighted by Crippen LogP contribution is 2.49. The van der Waals surface area contributed by atoms with Crippen LogP contribution in [0.25, 0.3) is 0 Å². The summed E-state index contributed by atoms with van der Waals surface area (Å²) in [5.74, 6) is 2.87. The number of nitrogens with zero attached hydrogens (tertiary/aromatic N) is 1. The lowest BCUT2D eigenvalue weighted by molar-refractivity contribution is -0.155. The summed E-state index contributed by atoms with van der Waals surface area (Å²) in [5, 5.41) is 3.01. The van der Waals surface area contributed by atoms with Gasteiger partial charge in [0.15, 0.2) is 0 Å². The van der Waals surface area contributed by atoms with E-state index in [9.17, 15) is 9.59 Å². The lowest BCUT2D eigenvalue weighted by Crippen LogP contribution is -2.70. The normalized spacial score (nSPS) is 46.1. The third-order valence-electron chi connectivity index (χ3n) is 6.64. The van der Waals surface area contributed by atoms with Crippen molar-refractivity contribution < 1.29 is 9.59 Å². The first-order valence-electron chi connectivity index (χ1n) is 8.62. The average molecular weight is 290 g/mol. The largest absolute Gasteiger partial charge is 0.340 e. The number of hydrogen-bond acceptors (Lipinski definition) is 2. The molecule has 0 radical (unpaired) electrons. The molecule has 0 aromatic carbocycles. The molecule has 4 rings (SSSR count). The van der Waals surface area contributed by atoms with Crippen LogP contribution in [0.4, 0.5) is 0 Å². The second-order valence-electron chi connectivity index (χ2n) is 8.03. The number of piperazine rings is 1. The molecule has 21 heavy (non-hydrogen) atoms. The summed E-state index contributed by atoms with van der Waals surface area (Å²) in [6.45, 7) is 4.62. The molecular formula is C17H26N2O2. The zero-order valence-corrected chi connectivity index (χ0v) is 13.1. The minimum absolute atomic E-state index is 0.0344. The van der Waals surface area contributed by atoms with Gasteiger partial charge in [0.1, 0.15) is 11.6 Å². The van der Waals surface area contributed by atoms with Crippen LogP contribution in [0.5, 0.6) is 0 Å². The fourth-order valence-corrected chi connectivity index (χ4v) is 5.06. The first kappa shape index (κ1) is 13.6. The van der Waals surface area contributed by atoms with Gasteiger partial charge in [0.2, 0.25) is 11.8 Å². The van der Waals surface area contributed by atoms with Gasteiger partial charge in [0, 0.05) is 6.54 Å². The first-order chi connectivity index (χ1) is 9.99. The topological polar surface area (TPSA) is 49.4 Å². The van der Waals surface area contributed by atoms with E-state index in [4.69, 9.17) is 0 Å². The maximum absolute atomic E-state index is 13.0. The molecule has 3 aliphatic carbocycles. The maximum Gasteiger partial charge on any atom is 0.249 e. The van der Waals surface area contributed by atoms with Crippen molar-refractivity contribution >= 4 is 11.8 Å². The van der Waals surface area contributed by atoms with Gasteiger partial charge >= 0.3 is 0 Å². The quantitative estimate of drug-likeness (QED) is 0.863. The molecule has 1 saturated heterocycles. The minimum Gasteiger partial charge on any atom is -0.340 e. The van der Waals surface area contributed by atoms with Gasteiger partial charge in [0.05, 0.1) is 0 Å². The zero-order valence-electron chi connectivity index (χ0n) is 13.1. The summed E-state index contributed by atoms with van der Waals surface area (Å²) >= 11 is 0. The maximum atomic E-state index is 13.0. The molecule has 4 fully saturated rings. The summed E-state index contributed by atoms with van der Waals surface area (Å²) in [7, 11) is 0. The van der Waals surface area contributed by atoms with Gasteiger partial charge < -0.3 is 10.2 Å². The van der Waals surface area contributed by atoms with Crippen molar-refractivity contribution in [3.8, 4) is 0 Å². The standard InChI is InChI=1S/C17H26N2O2/c1-10-15(20)18-17(2,14-5-6-14)16(21)19(10)9-13-8-11-3-4-12(13)7-11/h10-14H,3-9H2,1-2H3,(H,18,20). The molecule has 5 atom stereocenters. The molecule has 3 saturated carbocycles.